The highest BCUT2D eigenvalue weighted by molar-refractivity contribution is 7.47. The third-order valence-electron chi connectivity index (χ3n) is 16.9. The van der Waals surface area contributed by atoms with Crippen LogP contribution in [-0.2, 0) is 65.4 Å². The van der Waals surface area contributed by atoms with E-state index < -0.39 is 97.5 Å². The van der Waals surface area contributed by atoms with Gasteiger partial charge in [-0.3, -0.25) is 37.3 Å². The molecule has 0 radical (unpaired) electrons. The minimum Gasteiger partial charge on any atom is -0.462 e. The predicted octanol–water partition coefficient (Wildman–Crippen LogP) is 23.9. The van der Waals surface area contributed by atoms with E-state index in [1.54, 1.807) is 0 Å². The Balaban J connectivity index is 5.42. The van der Waals surface area contributed by atoms with E-state index in [1.165, 1.54) is 57.8 Å². The Morgan fingerprint density at radius 1 is 0.279 bits per heavy atom. The maximum Gasteiger partial charge on any atom is 0.472 e. The lowest BCUT2D eigenvalue weighted by molar-refractivity contribution is -0.161. The van der Waals surface area contributed by atoms with E-state index in [0.29, 0.717) is 25.7 Å². The van der Waals surface area contributed by atoms with Crippen molar-refractivity contribution in [2.75, 3.05) is 39.6 Å². The van der Waals surface area contributed by atoms with Crippen molar-refractivity contribution in [1.82, 2.24) is 0 Å². The number of aliphatic hydroxyl groups is 1. The van der Waals surface area contributed by atoms with Crippen molar-refractivity contribution >= 4 is 39.5 Å². The van der Waals surface area contributed by atoms with Crippen LogP contribution in [0, 0.1) is 0 Å². The van der Waals surface area contributed by atoms with Gasteiger partial charge in [-0.2, -0.15) is 0 Å². The Morgan fingerprint density at radius 3 is 0.769 bits per heavy atom. The second-order valence-corrected chi connectivity index (χ2v) is 29.9. The molecule has 0 rings (SSSR count). The summed E-state index contributed by atoms with van der Waals surface area (Å²) in [6.07, 6.45) is 84.4. The summed E-state index contributed by atoms with van der Waals surface area (Å²) in [5.74, 6) is -2.23. The summed E-state index contributed by atoms with van der Waals surface area (Å²) in [5.41, 5.74) is 0. The summed E-state index contributed by atoms with van der Waals surface area (Å²) in [4.78, 5) is 73.1. The number of carbonyl (C=O) groups excluding carboxylic acids is 4. The fourth-order valence-corrected chi connectivity index (χ4v) is 12.2. The van der Waals surface area contributed by atoms with Gasteiger partial charge in [0.25, 0.3) is 0 Å². The average Bonchev–Trinajstić information content (AvgIpc) is 0.926. The smallest absolute Gasteiger partial charge is 0.462 e. The first-order valence-electron chi connectivity index (χ1n) is 40.8. The lowest BCUT2D eigenvalue weighted by atomic mass is 10.1. The van der Waals surface area contributed by atoms with Crippen molar-refractivity contribution in [3.63, 3.8) is 0 Å². The first-order valence-corrected chi connectivity index (χ1v) is 43.8. The second kappa shape index (κ2) is 76.6. The molecule has 0 aromatic heterocycles. The number of esters is 4. The lowest BCUT2D eigenvalue weighted by Crippen LogP contribution is -2.30. The van der Waals surface area contributed by atoms with E-state index in [-0.39, 0.29) is 25.7 Å². The summed E-state index contributed by atoms with van der Waals surface area (Å²) >= 11 is 0. The van der Waals surface area contributed by atoms with Gasteiger partial charge in [-0.1, -0.05) is 271 Å². The molecule has 0 bridgehead atoms. The van der Waals surface area contributed by atoms with Gasteiger partial charge >= 0.3 is 39.5 Å². The van der Waals surface area contributed by atoms with Crippen molar-refractivity contribution in [3.8, 4) is 0 Å². The number of phosphoric ester groups is 2. The molecule has 19 heteroatoms. The molecule has 104 heavy (non-hydrogen) atoms. The first kappa shape index (κ1) is 99.5. The van der Waals surface area contributed by atoms with Crippen LogP contribution in [0.3, 0.4) is 0 Å². The molecule has 0 aliphatic carbocycles. The molecule has 598 valence electrons. The molecular formula is C85H146O17P2. The van der Waals surface area contributed by atoms with E-state index in [2.05, 4.69) is 149 Å². The summed E-state index contributed by atoms with van der Waals surface area (Å²) in [6, 6.07) is 0. The van der Waals surface area contributed by atoms with Gasteiger partial charge in [0.2, 0.25) is 0 Å². The second-order valence-electron chi connectivity index (χ2n) is 27.0. The Bertz CT molecular complexity index is 2440. The summed E-state index contributed by atoms with van der Waals surface area (Å²) in [6.45, 7) is 4.65. The van der Waals surface area contributed by atoms with Gasteiger partial charge < -0.3 is 33.8 Å². The Hall–Kier alpha value is -4.54. The highest BCUT2D eigenvalue weighted by atomic mass is 31.2. The Kier molecular flexibility index (Phi) is 73.3. The lowest BCUT2D eigenvalue weighted by Gasteiger charge is -2.21. The number of ether oxygens (including phenoxy) is 4. The fourth-order valence-electron chi connectivity index (χ4n) is 10.7. The molecule has 5 atom stereocenters. The van der Waals surface area contributed by atoms with Crippen molar-refractivity contribution in [3.05, 3.63) is 122 Å². The van der Waals surface area contributed by atoms with Crippen molar-refractivity contribution in [1.29, 1.82) is 0 Å². The molecule has 17 nitrogen and oxygen atoms in total. The van der Waals surface area contributed by atoms with Gasteiger partial charge in [-0.05, 0) is 161 Å². The van der Waals surface area contributed by atoms with Crippen LogP contribution in [0.25, 0.3) is 0 Å². The van der Waals surface area contributed by atoms with Crippen LogP contribution < -0.4 is 0 Å². The van der Waals surface area contributed by atoms with Crippen LogP contribution in [0.2, 0.25) is 0 Å². The first-order chi connectivity index (χ1) is 50.7. The van der Waals surface area contributed by atoms with E-state index in [1.807, 2.05) is 0 Å². The molecule has 0 saturated carbocycles. The molecule has 0 aromatic carbocycles. The summed E-state index contributed by atoms with van der Waals surface area (Å²) in [7, 11) is -9.98. The topological polar surface area (TPSA) is 237 Å². The fraction of sp³-hybridized carbons (Fsp3) is 0.718. The van der Waals surface area contributed by atoms with E-state index in [0.717, 1.165) is 199 Å². The molecule has 0 heterocycles. The SMILES string of the molecule is CC/C=C\C/C=C\C/C=C\C/C=C\CCCCCCC(=O)OC[C@H](COP(=O)(O)OCC(O)COP(=O)(O)OC[C@@H](COC(=O)CCCCCCC/C=C\C/C=C\CCCCC)OC(=O)CCCCCCC/C=C\C/C=C\CCCCC)OC(=O)CCCCCCCCC/C=C\C/C=C\CCCCC. The van der Waals surface area contributed by atoms with Crippen molar-refractivity contribution < 1.29 is 80.2 Å². The molecule has 0 spiro atoms. The number of aliphatic hydroxyl groups excluding tert-OH is 1. The maximum absolute atomic E-state index is 13.1. The Morgan fingerprint density at radius 2 is 0.500 bits per heavy atom. The largest absolute Gasteiger partial charge is 0.472 e. The molecule has 3 N–H and O–H groups in total. The van der Waals surface area contributed by atoms with Crippen LogP contribution in [0.5, 0.6) is 0 Å². The summed E-state index contributed by atoms with van der Waals surface area (Å²) in [5, 5.41) is 10.7. The zero-order valence-electron chi connectivity index (χ0n) is 65.4. The van der Waals surface area contributed by atoms with Gasteiger partial charge in [0.15, 0.2) is 12.2 Å². The van der Waals surface area contributed by atoms with Gasteiger partial charge in [0, 0.05) is 25.7 Å². The van der Waals surface area contributed by atoms with Crippen LogP contribution in [0.4, 0.5) is 0 Å². The van der Waals surface area contributed by atoms with E-state index >= 15 is 0 Å². The van der Waals surface area contributed by atoms with Crippen LogP contribution in [0.15, 0.2) is 122 Å². The number of phosphoric acid groups is 2. The molecule has 0 saturated heterocycles. The maximum atomic E-state index is 13.1. The molecule has 0 amide bonds. The monoisotopic (exact) mass is 1500 g/mol. The Labute approximate surface area is 632 Å². The summed E-state index contributed by atoms with van der Waals surface area (Å²) < 4.78 is 68.6. The van der Waals surface area contributed by atoms with E-state index in [9.17, 15) is 43.2 Å². The minimum atomic E-state index is -4.99. The zero-order valence-corrected chi connectivity index (χ0v) is 67.2. The minimum absolute atomic E-state index is 0.0741. The number of rotatable bonds is 76. The number of unbranched alkanes of at least 4 members (excludes halogenated alkanes) is 30. The number of allylic oxidation sites excluding steroid dienone is 20. The molecule has 0 fully saturated rings. The number of hydrogen-bond donors (Lipinski definition) is 3. The standard InChI is InChI=1S/C85H146O17P2/c1-5-9-13-17-21-25-29-33-37-39-43-46-50-54-58-62-66-70-83(88)96-76-81(102-85(90)72-68-64-60-56-52-48-44-40-38-34-30-26-22-18-14-10-6-2)78-100-104(93,94)98-74-79(86)73-97-103(91,92)99-77-80(101-84(89)71-67-63-59-55-51-47-42-36-32-28-24-20-16-12-8-4)75-95-82(87)69-65-61-57-53-49-45-41-35-31-27-23-19-15-11-7-3/h9,13,21-28,33-38,41-43,46,79-81,86H,5-8,10-12,14-20,29-32,39-40,44-45,47-78H2,1-4H3,(H,91,92)(H,93,94)/b13-9-,25-21-,26-22-,27-23-,28-24-,37-33-,38-34-,41-35-,42-36-,46-43-/t79?,80-,81-/m1/s1. The van der Waals surface area contributed by atoms with Crippen molar-refractivity contribution in [2.45, 2.75) is 354 Å². The highest BCUT2D eigenvalue weighted by Crippen LogP contribution is 2.45. The predicted molar refractivity (Wildman–Crippen MR) is 427 cm³/mol. The molecule has 0 aromatic rings. The number of carbonyl (C=O) groups is 4. The van der Waals surface area contributed by atoms with Crippen LogP contribution in [0.1, 0.15) is 336 Å². The van der Waals surface area contributed by atoms with Gasteiger partial charge in [-0.25, -0.2) is 9.13 Å². The molecule has 0 aliphatic heterocycles. The van der Waals surface area contributed by atoms with Crippen LogP contribution >= 0.6 is 15.6 Å². The van der Waals surface area contributed by atoms with Gasteiger partial charge in [-0.15, -0.1) is 0 Å². The third kappa shape index (κ3) is 75.7. The van der Waals surface area contributed by atoms with E-state index in [4.69, 9.17) is 37.0 Å². The van der Waals surface area contributed by atoms with Crippen molar-refractivity contribution in [2.24, 2.45) is 0 Å². The number of hydrogen-bond acceptors (Lipinski definition) is 15. The van der Waals surface area contributed by atoms with Crippen LogP contribution in [-0.4, -0.2) is 96.7 Å². The normalized spacial score (nSPS) is 14.5. The highest BCUT2D eigenvalue weighted by Gasteiger charge is 2.30. The quantitative estimate of drug-likeness (QED) is 0.0169. The zero-order chi connectivity index (χ0) is 76.0. The molecular weight excluding hydrogens is 1350 g/mol. The molecule has 0 aliphatic rings. The molecule has 3 unspecified atom stereocenters. The third-order valence-corrected chi connectivity index (χ3v) is 18.8. The van der Waals surface area contributed by atoms with Gasteiger partial charge in [0.1, 0.15) is 19.3 Å². The van der Waals surface area contributed by atoms with Gasteiger partial charge in [0.05, 0.1) is 26.4 Å². The average molecular weight is 1500 g/mol.